The second kappa shape index (κ2) is 5.86. The van der Waals surface area contributed by atoms with Crippen LogP contribution in [-0.2, 0) is 4.79 Å². The molecule has 0 spiro atoms. The molecule has 0 aliphatic rings. The Balaban J connectivity index is 2.78. The third kappa shape index (κ3) is 3.21. The number of nitrogens with two attached hydrogens (primary N) is 1. The minimum Gasteiger partial charge on any atom is -0.495 e. The summed E-state index contributed by atoms with van der Waals surface area (Å²) in [5.41, 5.74) is 6.11. The van der Waals surface area contributed by atoms with Gasteiger partial charge >= 0.3 is 0 Å². The van der Waals surface area contributed by atoms with E-state index in [-0.39, 0.29) is 11.8 Å². The summed E-state index contributed by atoms with van der Waals surface area (Å²) in [6, 6.07) is 5.38. The average molecular weight is 287 g/mol. The number of methoxy groups -OCH3 is 1. The molecule has 3 N–H and O–H groups in total. The van der Waals surface area contributed by atoms with E-state index < -0.39 is 0 Å². The molecule has 0 aliphatic carbocycles. The Morgan fingerprint density at radius 2 is 2.31 bits per heavy atom. The van der Waals surface area contributed by atoms with Gasteiger partial charge in [0.25, 0.3) is 0 Å². The van der Waals surface area contributed by atoms with Crippen LogP contribution in [0.25, 0.3) is 0 Å². The molecule has 1 unspecified atom stereocenters. The van der Waals surface area contributed by atoms with Crippen molar-refractivity contribution in [1.29, 1.82) is 0 Å². The van der Waals surface area contributed by atoms with Crippen molar-refractivity contribution in [3.8, 4) is 5.75 Å². The zero-order valence-corrected chi connectivity index (χ0v) is 10.9. The minimum atomic E-state index is -0.199. The zero-order valence-electron chi connectivity index (χ0n) is 9.29. The third-order valence-corrected chi connectivity index (χ3v) is 2.87. The lowest BCUT2D eigenvalue weighted by Crippen LogP contribution is -2.26. The van der Waals surface area contributed by atoms with E-state index in [2.05, 4.69) is 21.2 Å². The number of carbonyl (C=O) groups excluding carboxylic acids is 1. The molecule has 1 rings (SSSR count). The van der Waals surface area contributed by atoms with Crippen molar-refractivity contribution in [2.75, 3.05) is 19.0 Å². The number of benzene rings is 1. The molecule has 0 bridgehead atoms. The molecule has 0 fully saturated rings. The maximum Gasteiger partial charge on any atom is 0.228 e. The number of carbonyl (C=O) groups is 1. The van der Waals surface area contributed by atoms with Crippen LogP contribution in [0.4, 0.5) is 5.69 Å². The molecular formula is C11H15BrN2O2. The standard InChI is InChI=1S/C11H15BrN2O2/c1-7(6-13)11(15)14-8-3-4-9(12)10(5-8)16-2/h3-5,7H,6,13H2,1-2H3,(H,14,15). The summed E-state index contributed by atoms with van der Waals surface area (Å²) in [6.45, 7) is 2.12. The van der Waals surface area contributed by atoms with Gasteiger partial charge in [-0.2, -0.15) is 0 Å². The van der Waals surface area contributed by atoms with Gasteiger partial charge in [-0.05, 0) is 28.1 Å². The monoisotopic (exact) mass is 286 g/mol. The van der Waals surface area contributed by atoms with Gasteiger partial charge in [0.15, 0.2) is 0 Å². The van der Waals surface area contributed by atoms with E-state index in [0.717, 1.165) is 4.47 Å². The largest absolute Gasteiger partial charge is 0.495 e. The summed E-state index contributed by atoms with van der Waals surface area (Å²) in [5, 5.41) is 2.77. The van der Waals surface area contributed by atoms with Crippen LogP contribution in [0.5, 0.6) is 5.75 Å². The third-order valence-electron chi connectivity index (χ3n) is 2.22. The molecule has 1 amide bonds. The highest BCUT2D eigenvalue weighted by molar-refractivity contribution is 9.10. The summed E-state index contributed by atoms with van der Waals surface area (Å²) in [4.78, 5) is 11.6. The van der Waals surface area contributed by atoms with Crippen LogP contribution in [0.3, 0.4) is 0 Å². The van der Waals surface area contributed by atoms with Crippen LogP contribution >= 0.6 is 15.9 Å². The number of rotatable bonds is 4. The Morgan fingerprint density at radius 1 is 1.62 bits per heavy atom. The first-order chi connectivity index (χ1) is 7.58. The van der Waals surface area contributed by atoms with Gasteiger partial charge < -0.3 is 15.8 Å². The molecule has 0 radical (unpaired) electrons. The van der Waals surface area contributed by atoms with Crippen LogP contribution < -0.4 is 15.8 Å². The SMILES string of the molecule is COc1cc(NC(=O)C(C)CN)ccc1Br. The second-order valence-electron chi connectivity index (χ2n) is 3.48. The molecule has 16 heavy (non-hydrogen) atoms. The molecule has 1 aromatic rings. The van der Waals surface area contributed by atoms with Gasteiger partial charge in [-0.3, -0.25) is 4.79 Å². The number of anilines is 1. The maximum atomic E-state index is 11.6. The summed E-state index contributed by atoms with van der Waals surface area (Å²) in [5.74, 6) is 0.389. The number of halogens is 1. The van der Waals surface area contributed by atoms with Gasteiger partial charge in [-0.15, -0.1) is 0 Å². The van der Waals surface area contributed by atoms with Crippen molar-refractivity contribution >= 4 is 27.5 Å². The predicted octanol–water partition coefficient (Wildman–Crippen LogP) is 1.99. The number of hydrogen-bond donors (Lipinski definition) is 2. The van der Waals surface area contributed by atoms with E-state index in [1.54, 1.807) is 26.2 Å². The van der Waals surface area contributed by atoms with Crippen LogP contribution in [0.1, 0.15) is 6.92 Å². The van der Waals surface area contributed by atoms with Gasteiger partial charge in [-0.25, -0.2) is 0 Å². The van der Waals surface area contributed by atoms with E-state index in [1.807, 2.05) is 6.07 Å². The molecule has 1 aromatic carbocycles. The Labute approximate surface area is 103 Å². The van der Waals surface area contributed by atoms with Crippen molar-refractivity contribution in [3.63, 3.8) is 0 Å². The molecule has 0 aromatic heterocycles. The minimum absolute atomic E-state index is 0.0909. The normalized spacial score (nSPS) is 12.0. The molecule has 0 saturated heterocycles. The Bertz CT molecular complexity index is 382. The molecular weight excluding hydrogens is 272 g/mol. The van der Waals surface area contributed by atoms with Crippen molar-refractivity contribution in [2.24, 2.45) is 11.7 Å². The first kappa shape index (κ1) is 13.0. The number of nitrogens with one attached hydrogen (secondary N) is 1. The number of hydrogen-bond acceptors (Lipinski definition) is 3. The van der Waals surface area contributed by atoms with E-state index >= 15 is 0 Å². The second-order valence-corrected chi connectivity index (χ2v) is 4.33. The molecule has 0 aliphatic heterocycles. The van der Waals surface area contributed by atoms with Gasteiger partial charge in [-0.1, -0.05) is 6.92 Å². The highest BCUT2D eigenvalue weighted by Crippen LogP contribution is 2.27. The first-order valence-electron chi connectivity index (χ1n) is 4.93. The van der Waals surface area contributed by atoms with Crippen LogP contribution in [0.2, 0.25) is 0 Å². The number of amides is 1. The lowest BCUT2D eigenvalue weighted by molar-refractivity contribution is -0.119. The van der Waals surface area contributed by atoms with Crippen molar-refractivity contribution in [1.82, 2.24) is 0 Å². The lowest BCUT2D eigenvalue weighted by Gasteiger charge is -2.11. The van der Waals surface area contributed by atoms with E-state index in [4.69, 9.17) is 10.5 Å². The smallest absolute Gasteiger partial charge is 0.228 e. The summed E-state index contributed by atoms with van der Waals surface area (Å²) in [6.07, 6.45) is 0. The molecule has 1 atom stereocenters. The van der Waals surface area contributed by atoms with E-state index in [0.29, 0.717) is 18.0 Å². The van der Waals surface area contributed by atoms with Gasteiger partial charge in [0, 0.05) is 24.2 Å². The van der Waals surface area contributed by atoms with E-state index in [1.165, 1.54) is 0 Å². The fourth-order valence-corrected chi connectivity index (χ4v) is 1.52. The van der Waals surface area contributed by atoms with Gasteiger partial charge in [0.05, 0.1) is 11.6 Å². The quantitative estimate of drug-likeness (QED) is 0.890. The molecule has 0 saturated carbocycles. The van der Waals surface area contributed by atoms with Crippen LogP contribution in [0, 0.1) is 5.92 Å². The fourth-order valence-electron chi connectivity index (χ4n) is 1.11. The summed E-state index contributed by atoms with van der Waals surface area (Å²) < 4.78 is 5.98. The van der Waals surface area contributed by atoms with Crippen molar-refractivity contribution < 1.29 is 9.53 Å². The molecule has 4 nitrogen and oxygen atoms in total. The van der Waals surface area contributed by atoms with Crippen molar-refractivity contribution in [3.05, 3.63) is 22.7 Å². The topological polar surface area (TPSA) is 64.3 Å². The van der Waals surface area contributed by atoms with Gasteiger partial charge in [0.2, 0.25) is 5.91 Å². The predicted molar refractivity (Wildman–Crippen MR) is 67.5 cm³/mol. The first-order valence-corrected chi connectivity index (χ1v) is 5.72. The van der Waals surface area contributed by atoms with Crippen LogP contribution in [-0.4, -0.2) is 19.6 Å². The van der Waals surface area contributed by atoms with Crippen molar-refractivity contribution in [2.45, 2.75) is 6.92 Å². The lowest BCUT2D eigenvalue weighted by atomic mass is 10.1. The Morgan fingerprint density at radius 3 is 2.88 bits per heavy atom. The summed E-state index contributed by atoms with van der Waals surface area (Å²) >= 11 is 3.34. The summed E-state index contributed by atoms with van der Waals surface area (Å²) in [7, 11) is 1.58. The Hall–Kier alpha value is -1.07. The average Bonchev–Trinajstić information content (AvgIpc) is 2.30. The zero-order chi connectivity index (χ0) is 12.1. The van der Waals surface area contributed by atoms with Crippen LogP contribution in [0.15, 0.2) is 22.7 Å². The number of ether oxygens (including phenoxy) is 1. The molecule has 0 heterocycles. The highest BCUT2D eigenvalue weighted by atomic mass is 79.9. The maximum absolute atomic E-state index is 11.6. The molecule has 88 valence electrons. The van der Waals surface area contributed by atoms with E-state index in [9.17, 15) is 4.79 Å². The van der Waals surface area contributed by atoms with Gasteiger partial charge in [0.1, 0.15) is 5.75 Å². The molecule has 5 heteroatoms. The Kier molecular flexibility index (Phi) is 4.76. The highest BCUT2D eigenvalue weighted by Gasteiger charge is 2.11. The fraction of sp³-hybridized carbons (Fsp3) is 0.364.